The fraction of sp³-hybridized carbons (Fsp3) is 0.238. The third-order valence-electron chi connectivity index (χ3n) is 5.41. The summed E-state index contributed by atoms with van der Waals surface area (Å²) in [5.74, 6) is -0.126. The Morgan fingerprint density at radius 1 is 1.17 bits per heavy atom. The van der Waals surface area contributed by atoms with Gasteiger partial charge < -0.3 is 9.80 Å². The van der Waals surface area contributed by atoms with E-state index in [-0.39, 0.29) is 6.04 Å². The van der Waals surface area contributed by atoms with Gasteiger partial charge in [0, 0.05) is 24.8 Å². The van der Waals surface area contributed by atoms with Crippen LogP contribution >= 0.6 is 11.6 Å². The number of fused-ring (bicyclic) bond motifs is 1. The molecule has 5 rings (SSSR count). The Balaban J connectivity index is 1.55. The van der Waals surface area contributed by atoms with Crippen LogP contribution in [0.5, 0.6) is 0 Å². The van der Waals surface area contributed by atoms with Gasteiger partial charge in [-0.2, -0.15) is 5.10 Å². The molecule has 5 nitrogen and oxygen atoms in total. The lowest BCUT2D eigenvalue weighted by molar-refractivity contribution is 0.560. The van der Waals surface area contributed by atoms with Crippen LogP contribution in [0, 0.1) is 11.6 Å². The Morgan fingerprint density at radius 2 is 2.07 bits per heavy atom. The maximum atomic E-state index is 14.4. The van der Waals surface area contributed by atoms with Gasteiger partial charge in [-0.3, -0.25) is 0 Å². The molecule has 0 amide bonds. The van der Waals surface area contributed by atoms with Crippen molar-refractivity contribution in [2.45, 2.75) is 18.9 Å². The van der Waals surface area contributed by atoms with Crippen LogP contribution in [0.1, 0.15) is 24.4 Å². The molecule has 148 valence electrons. The summed E-state index contributed by atoms with van der Waals surface area (Å²) in [7, 11) is 0. The predicted molar refractivity (Wildman–Crippen MR) is 109 cm³/mol. The first-order valence-electron chi connectivity index (χ1n) is 9.47. The lowest BCUT2D eigenvalue weighted by Gasteiger charge is -2.27. The van der Waals surface area contributed by atoms with E-state index in [2.05, 4.69) is 5.10 Å². The largest absolute Gasteiger partial charge is 0.349 e. The first-order valence-corrected chi connectivity index (χ1v) is 9.85. The Labute approximate surface area is 171 Å². The summed E-state index contributed by atoms with van der Waals surface area (Å²) in [6.45, 7) is 1.35. The molecule has 2 aliphatic rings. The molecule has 1 fully saturated rings. The van der Waals surface area contributed by atoms with Gasteiger partial charge in [0.1, 0.15) is 28.3 Å². The van der Waals surface area contributed by atoms with Gasteiger partial charge in [-0.05, 0) is 43.2 Å². The van der Waals surface area contributed by atoms with E-state index in [1.807, 2.05) is 40.3 Å². The van der Waals surface area contributed by atoms with E-state index >= 15 is 0 Å². The van der Waals surface area contributed by atoms with Gasteiger partial charge in [0.25, 0.3) is 0 Å². The van der Waals surface area contributed by atoms with E-state index in [9.17, 15) is 8.78 Å². The van der Waals surface area contributed by atoms with Crippen LogP contribution in [0.15, 0.2) is 60.0 Å². The molecule has 2 aromatic heterocycles. The van der Waals surface area contributed by atoms with E-state index in [0.29, 0.717) is 28.7 Å². The van der Waals surface area contributed by atoms with Gasteiger partial charge in [-0.25, -0.2) is 18.3 Å². The number of halogens is 3. The first kappa shape index (κ1) is 18.1. The van der Waals surface area contributed by atoms with Gasteiger partial charge in [0.15, 0.2) is 5.65 Å². The highest BCUT2D eigenvalue weighted by molar-refractivity contribution is 6.31. The van der Waals surface area contributed by atoms with E-state index in [4.69, 9.17) is 16.6 Å². The van der Waals surface area contributed by atoms with E-state index in [1.54, 1.807) is 10.7 Å². The molecule has 0 N–H and O–H groups in total. The summed E-state index contributed by atoms with van der Waals surface area (Å²) in [6, 6.07) is 5.21. The lowest BCUT2D eigenvalue weighted by atomic mass is 10.0. The smallest absolute Gasteiger partial charge is 0.181 e. The van der Waals surface area contributed by atoms with Crippen molar-refractivity contribution in [1.82, 2.24) is 14.6 Å². The summed E-state index contributed by atoms with van der Waals surface area (Å²) >= 11 is 6.36. The molecule has 8 heteroatoms. The SMILES string of the molecule is Fc1ccc(F)c([C@H]2CCCN2c2ccn3ncc(N4CC=CC=C4Cl)c3n2)c1. The monoisotopic (exact) mass is 413 g/mol. The van der Waals surface area contributed by atoms with Crippen molar-refractivity contribution in [3.05, 3.63) is 77.2 Å². The van der Waals surface area contributed by atoms with Crippen LogP contribution in [0.2, 0.25) is 0 Å². The number of hydrogen-bond acceptors (Lipinski definition) is 4. The van der Waals surface area contributed by atoms with Crippen molar-refractivity contribution in [3.8, 4) is 0 Å². The van der Waals surface area contributed by atoms with Gasteiger partial charge in [0.05, 0.1) is 12.2 Å². The molecule has 0 unspecified atom stereocenters. The predicted octanol–water partition coefficient (Wildman–Crippen LogP) is 4.81. The van der Waals surface area contributed by atoms with Crippen molar-refractivity contribution in [2.24, 2.45) is 0 Å². The summed E-state index contributed by atoms with van der Waals surface area (Å²) in [6.07, 6.45) is 10.9. The van der Waals surface area contributed by atoms with Crippen LogP contribution in [-0.4, -0.2) is 27.7 Å². The van der Waals surface area contributed by atoms with Crippen molar-refractivity contribution in [2.75, 3.05) is 22.9 Å². The summed E-state index contributed by atoms with van der Waals surface area (Å²) in [5.41, 5.74) is 1.82. The third-order valence-corrected chi connectivity index (χ3v) is 5.74. The minimum absolute atomic E-state index is 0.256. The summed E-state index contributed by atoms with van der Waals surface area (Å²) in [5, 5.41) is 4.97. The molecule has 0 saturated carbocycles. The number of anilines is 2. The molecule has 2 aliphatic heterocycles. The van der Waals surface area contributed by atoms with Gasteiger partial charge >= 0.3 is 0 Å². The molecule has 0 spiro atoms. The fourth-order valence-corrected chi connectivity index (χ4v) is 4.27. The van der Waals surface area contributed by atoms with Crippen LogP contribution < -0.4 is 9.80 Å². The maximum absolute atomic E-state index is 14.4. The molecule has 29 heavy (non-hydrogen) atoms. The highest BCUT2D eigenvalue weighted by Crippen LogP contribution is 2.37. The molecule has 0 aliphatic carbocycles. The second kappa shape index (κ2) is 7.15. The van der Waals surface area contributed by atoms with Crippen molar-refractivity contribution in [1.29, 1.82) is 0 Å². The molecule has 4 heterocycles. The van der Waals surface area contributed by atoms with E-state index < -0.39 is 11.6 Å². The van der Waals surface area contributed by atoms with Crippen molar-refractivity contribution < 1.29 is 8.78 Å². The van der Waals surface area contributed by atoms with Crippen molar-refractivity contribution in [3.63, 3.8) is 0 Å². The topological polar surface area (TPSA) is 36.7 Å². The number of rotatable bonds is 3. The molecule has 1 aromatic carbocycles. The van der Waals surface area contributed by atoms with Crippen molar-refractivity contribution >= 4 is 28.8 Å². The number of allylic oxidation sites excluding steroid dienone is 2. The van der Waals surface area contributed by atoms with Gasteiger partial charge in [-0.15, -0.1) is 0 Å². The second-order valence-corrected chi connectivity index (χ2v) is 7.52. The molecule has 3 aromatic rings. The number of benzene rings is 1. The molecule has 0 radical (unpaired) electrons. The Kier molecular flexibility index (Phi) is 4.47. The Bertz CT molecular complexity index is 1140. The fourth-order valence-electron chi connectivity index (χ4n) is 4.04. The van der Waals surface area contributed by atoms with Crippen LogP contribution in [-0.2, 0) is 0 Å². The maximum Gasteiger partial charge on any atom is 0.181 e. The van der Waals surface area contributed by atoms with Crippen LogP contribution in [0.3, 0.4) is 0 Å². The number of hydrogen-bond donors (Lipinski definition) is 0. The minimum atomic E-state index is -0.436. The number of nitrogens with zero attached hydrogens (tertiary/aromatic N) is 5. The zero-order chi connectivity index (χ0) is 20.0. The normalized spacial score (nSPS) is 19.3. The Hall–Kier alpha value is -2.93. The zero-order valence-electron chi connectivity index (χ0n) is 15.5. The van der Waals surface area contributed by atoms with Crippen LogP contribution in [0.4, 0.5) is 20.3 Å². The highest BCUT2D eigenvalue weighted by atomic mass is 35.5. The van der Waals surface area contributed by atoms with Gasteiger partial charge in [-0.1, -0.05) is 23.8 Å². The molecule has 0 bridgehead atoms. The van der Waals surface area contributed by atoms with Crippen LogP contribution in [0.25, 0.3) is 5.65 Å². The van der Waals surface area contributed by atoms with E-state index in [1.165, 1.54) is 12.1 Å². The quantitative estimate of drug-likeness (QED) is 0.578. The zero-order valence-corrected chi connectivity index (χ0v) is 16.2. The average Bonchev–Trinajstić information content (AvgIpc) is 3.37. The lowest BCUT2D eigenvalue weighted by Crippen LogP contribution is -2.25. The minimum Gasteiger partial charge on any atom is -0.349 e. The molecule has 1 atom stereocenters. The van der Waals surface area contributed by atoms with E-state index in [0.717, 1.165) is 31.1 Å². The first-order chi connectivity index (χ1) is 14.1. The molecular weight excluding hydrogens is 396 g/mol. The molecular formula is C21H18ClF2N5. The third kappa shape index (κ3) is 3.15. The highest BCUT2D eigenvalue weighted by Gasteiger charge is 2.30. The summed E-state index contributed by atoms with van der Waals surface area (Å²) < 4.78 is 29.8. The standard InChI is InChI=1S/C21H18ClF2N5/c22-19-5-1-2-9-27(19)18-13-25-29-11-8-20(26-21(18)29)28-10-3-4-17(28)15-12-14(23)6-7-16(15)24/h1-2,5-8,11-13,17H,3-4,9-10H2/t17-/m1/s1. The second-order valence-electron chi connectivity index (χ2n) is 7.13. The van der Waals surface area contributed by atoms with Gasteiger partial charge in [0.2, 0.25) is 0 Å². The average molecular weight is 414 g/mol. The summed E-state index contributed by atoms with van der Waals surface area (Å²) in [4.78, 5) is 8.77. The molecule has 1 saturated heterocycles. The Morgan fingerprint density at radius 3 is 2.93 bits per heavy atom. The number of aromatic nitrogens is 3.